The van der Waals surface area contributed by atoms with Gasteiger partial charge in [0.2, 0.25) is 6.41 Å². The highest BCUT2D eigenvalue weighted by Crippen LogP contribution is 2.37. The predicted molar refractivity (Wildman–Crippen MR) is 47.2 cm³/mol. The molecule has 74 valence electrons. The average Bonchev–Trinajstić information content (AvgIpc) is 1.78. The van der Waals surface area contributed by atoms with Crippen molar-refractivity contribution >= 4 is 12.4 Å². The first-order valence-corrected chi connectivity index (χ1v) is 4.51. The van der Waals surface area contributed by atoms with Crippen molar-refractivity contribution in [3.8, 4) is 0 Å². The van der Waals surface area contributed by atoms with E-state index in [1.807, 2.05) is 0 Å². The van der Waals surface area contributed by atoms with Crippen LogP contribution in [0.15, 0.2) is 0 Å². The molecule has 0 bridgehead atoms. The lowest BCUT2D eigenvalue weighted by Crippen LogP contribution is -2.52. The Balaban J connectivity index is 2.60. The van der Waals surface area contributed by atoms with Crippen molar-refractivity contribution in [2.75, 3.05) is 0 Å². The van der Waals surface area contributed by atoms with Gasteiger partial charge in [-0.3, -0.25) is 9.59 Å². The molecule has 0 aromatic carbocycles. The van der Waals surface area contributed by atoms with E-state index < -0.39 is 11.5 Å². The van der Waals surface area contributed by atoms with Crippen LogP contribution >= 0.6 is 0 Å². The quantitative estimate of drug-likeness (QED) is 0.621. The Labute approximate surface area is 77.3 Å². The SMILES string of the molecule is CC(CC(=O)O)(NC=O)C1CCC1. The molecular weight excluding hydrogens is 170 g/mol. The lowest BCUT2D eigenvalue weighted by Gasteiger charge is -2.41. The van der Waals surface area contributed by atoms with E-state index in [1.165, 1.54) is 0 Å². The Morgan fingerprint density at radius 3 is 2.62 bits per heavy atom. The van der Waals surface area contributed by atoms with E-state index in [2.05, 4.69) is 5.32 Å². The summed E-state index contributed by atoms with van der Waals surface area (Å²) in [5.74, 6) is -0.530. The molecule has 1 amide bonds. The molecule has 1 saturated carbocycles. The number of hydrogen-bond acceptors (Lipinski definition) is 2. The maximum Gasteiger partial charge on any atom is 0.305 e. The highest BCUT2D eigenvalue weighted by Gasteiger charge is 2.39. The van der Waals surface area contributed by atoms with Gasteiger partial charge in [0.1, 0.15) is 0 Å². The zero-order valence-corrected chi connectivity index (χ0v) is 7.75. The number of nitrogens with one attached hydrogen (secondary N) is 1. The second-order valence-electron chi connectivity index (χ2n) is 3.88. The van der Waals surface area contributed by atoms with Gasteiger partial charge in [0.25, 0.3) is 0 Å². The summed E-state index contributed by atoms with van der Waals surface area (Å²) in [5.41, 5.74) is -0.550. The molecule has 0 aromatic rings. The van der Waals surface area contributed by atoms with Gasteiger partial charge in [0.15, 0.2) is 0 Å². The number of carbonyl (C=O) groups is 2. The molecule has 1 unspecified atom stereocenters. The minimum Gasteiger partial charge on any atom is -0.481 e. The summed E-state index contributed by atoms with van der Waals surface area (Å²) in [6, 6.07) is 0. The second kappa shape index (κ2) is 3.77. The molecule has 0 spiro atoms. The molecule has 1 rings (SSSR count). The van der Waals surface area contributed by atoms with E-state index >= 15 is 0 Å². The number of carboxylic acids is 1. The average molecular weight is 185 g/mol. The summed E-state index contributed by atoms with van der Waals surface area (Å²) < 4.78 is 0. The molecule has 0 aliphatic heterocycles. The predicted octanol–water partition coefficient (Wildman–Crippen LogP) is 0.766. The summed E-state index contributed by atoms with van der Waals surface area (Å²) in [6.07, 6.45) is 3.79. The Morgan fingerprint density at radius 1 is 1.69 bits per heavy atom. The molecule has 1 aliphatic carbocycles. The van der Waals surface area contributed by atoms with Crippen molar-refractivity contribution in [2.24, 2.45) is 5.92 Å². The molecule has 13 heavy (non-hydrogen) atoms. The molecule has 1 atom stereocenters. The van der Waals surface area contributed by atoms with E-state index in [4.69, 9.17) is 5.11 Å². The fraction of sp³-hybridized carbons (Fsp3) is 0.778. The summed E-state index contributed by atoms with van der Waals surface area (Å²) >= 11 is 0. The number of aliphatic carboxylic acids is 1. The van der Waals surface area contributed by atoms with Crippen LogP contribution in [0, 0.1) is 5.92 Å². The third-order valence-corrected chi connectivity index (χ3v) is 2.91. The van der Waals surface area contributed by atoms with Crippen LogP contribution in [0.1, 0.15) is 32.6 Å². The van der Waals surface area contributed by atoms with Crippen LogP contribution in [-0.4, -0.2) is 23.0 Å². The normalized spacial score (nSPS) is 21.3. The Kier molecular flexibility index (Phi) is 2.90. The molecule has 0 heterocycles. The van der Waals surface area contributed by atoms with Crippen LogP contribution in [0.4, 0.5) is 0 Å². The summed E-state index contributed by atoms with van der Waals surface area (Å²) in [7, 11) is 0. The van der Waals surface area contributed by atoms with Crippen molar-refractivity contribution in [1.29, 1.82) is 0 Å². The first-order valence-electron chi connectivity index (χ1n) is 4.51. The van der Waals surface area contributed by atoms with Gasteiger partial charge in [0.05, 0.1) is 12.0 Å². The van der Waals surface area contributed by atoms with Crippen molar-refractivity contribution in [3.63, 3.8) is 0 Å². The van der Waals surface area contributed by atoms with E-state index in [0.29, 0.717) is 12.3 Å². The van der Waals surface area contributed by atoms with Gasteiger partial charge in [-0.1, -0.05) is 6.42 Å². The minimum absolute atomic E-state index is 0.0103. The van der Waals surface area contributed by atoms with Crippen molar-refractivity contribution in [2.45, 2.75) is 38.1 Å². The Hall–Kier alpha value is -1.06. The van der Waals surface area contributed by atoms with E-state index in [0.717, 1.165) is 19.3 Å². The largest absolute Gasteiger partial charge is 0.481 e. The third-order valence-electron chi connectivity index (χ3n) is 2.91. The maximum atomic E-state index is 10.6. The highest BCUT2D eigenvalue weighted by atomic mass is 16.4. The van der Waals surface area contributed by atoms with Crippen LogP contribution in [0.5, 0.6) is 0 Å². The molecule has 1 fully saturated rings. The van der Waals surface area contributed by atoms with Crippen molar-refractivity contribution in [1.82, 2.24) is 5.32 Å². The zero-order valence-electron chi connectivity index (χ0n) is 7.75. The van der Waals surface area contributed by atoms with Crippen LogP contribution in [0.2, 0.25) is 0 Å². The molecule has 0 aromatic heterocycles. The van der Waals surface area contributed by atoms with Crippen molar-refractivity contribution in [3.05, 3.63) is 0 Å². The number of rotatable bonds is 5. The third kappa shape index (κ3) is 2.20. The minimum atomic E-state index is -0.858. The standard InChI is InChI=1S/C9H15NO3/c1-9(10-6-11,5-8(12)13)7-3-2-4-7/h6-7H,2-5H2,1H3,(H,10,11)(H,12,13). The van der Waals surface area contributed by atoms with Gasteiger partial charge in [-0.25, -0.2) is 0 Å². The van der Waals surface area contributed by atoms with Gasteiger partial charge >= 0.3 is 5.97 Å². The first kappa shape index (κ1) is 10.0. The number of carboxylic acid groups (broad SMARTS) is 1. The van der Waals surface area contributed by atoms with Gasteiger partial charge in [-0.2, -0.15) is 0 Å². The van der Waals surface area contributed by atoms with Gasteiger partial charge < -0.3 is 10.4 Å². The topological polar surface area (TPSA) is 66.4 Å². The molecule has 2 N–H and O–H groups in total. The maximum absolute atomic E-state index is 10.6. The highest BCUT2D eigenvalue weighted by molar-refractivity contribution is 5.69. The summed E-state index contributed by atoms with van der Waals surface area (Å²) in [4.78, 5) is 20.9. The fourth-order valence-corrected chi connectivity index (χ4v) is 1.81. The molecule has 0 saturated heterocycles. The zero-order chi connectivity index (χ0) is 9.90. The van der Waals surface area contributed by atoms with E-state index in [1.54, 1.807) is 6.92 Å². The van der Waals surface area contributed by atoms with Crippen LogP contribution in [0.3, 0.4) is 0 Å². The Bertz CT molecular complexity index is 213. The lowest BCUT2D eigenvalue weighted by atomic mass is 9.70. The number of carbonyl (C=O) groups excluding carboxylic acids is 1. The van der Waals surface area contributed by atoms with E-state index in [9.17, 15) is 9.59 Å². The van der Waals surface area contributed by atoms with Gasteiger partial charge in [-0.05, 0) is 25.7 Å². The van der Waals surface area contributed by atoms with Gasteiger partial charge in [0, 0.05) is 0 Å². The molecule has 4 nitrogen and oxygen atoms in total. The second-order valence-corrected chi connectivity index (χ2v) is 3.88. The lowest BCUT2D eigenvalue weighted by molar-refractivity contribution is -0.139. The van der Waals surface area contributed by atoms with E-state index in [-0.39, 0.29) is 6.42 Å². The smallest absolute Gasteiger partial charge is 0.305 e. The van der Waals surface area contributed by atoms with Gasteiger partial charge in [-0.15, -0.1) is 0 Å². The number of hydrogen-bond donors (Lipinski definition) is 2. The van der Waals surface area contributed by atoms with Crippen LogP contribution < -0.4 is 5.32 Å². The van der Waals surface area contributed by atoms with Crippen molar-refractivity contribution < 1.29 is 14.7 Å². The molecule has 0 radical (unpaired) electrons. The molecule has 1 aliphatic rings. The number of amides is 1. The molecule has 4 heteroatoms. The summed E-state index contributed by atoms with van der Waals surface area (Å²) in [6.45, 7) is 1.80. The van der Waals surface area contributed by atoms with Crippen LogP contribution in [-0.2, 0) is 9.59 Å². The summed E-state index contributed by atoms with van der Waals surface area (Å²) in [5, 5.41) is 11.3. The Morgan fingerprint density at radius 2 is 2.31 bits per heavy atom. The van der Waals surface area contributed by atoms with Crippen LogP contribution in [0.25, 0.3) is 0 Å². The molecular formula is C9H15NO3. The monoisotopic (exact) mass is 185 g/mol. The first-order chi connectivity index (χ1) is 6.08. The fourth-order valence-electron chi connectivity index (χ4n) is 1.81.